The van der Waals surface area contributed by atoms with Crippen molar-refractivity contribution in [1.29, 1.82) is 0 Å². The van der Waals surface area contributed by atoms with Crippen LogP contribution in [0.15, 0.2) is 12.2 Å². The first-order valence-corrected chi connectivity index (χ1v) is 8.70. The quantitative estimate of drug-likeness (QED) is 0.620. The molecule has 3 rings (SSSR count). The molecule has 3 saturated carbocycles. The van der Waals surface area contributed by atoms with E-state index in [9.17, 15) is 14.7 Å². The molecule has 0 aromatic heterocycles. The Morgan fingerprint density at radius 2 is 1.71 bits per heavy atom. The Hall–Kier alpha value is -1.36. The van der Waals surface area contributed by atoms with Gasteiger partial charge in [-0.05, 0) is 30.3 Å². The zero-order valence-corrected chi connectivity index (χ0v) is 15.2. The molecule has 1 N–H and O–H groups in total. The molecule has 5 nitrogen and oxygen atoms in total. The summed E-state index contributed by atoms with van der Waals surface area (Å²) in [5, 5.41) is 11.8. The maximum Gasteiger partial charge on any atom is 0.303 e. The van der Waals surface area contributed by atoms with Gasteiger partial charge in [-0.2, -0.15) is 0 Å². The van der Waals surface area contributed by atoms with E-state index in [0.29, 0.717) is 12.0 Å². The number of hydrogen-bond donors (Lipinski definition) is 1. The fraction of sp³-hybridized carbons (Fsp3) is 0.789. The van der Waals surface area contributed by atoms with Crippen LogP contribution in [0.1, 0.15) is 53.9 Å². The van der Waals surface area contributed by atoms with Crippen LogP contribution in [0.5, 0.6) is 0 Å². The van der Waals surface area contributed by atoms with Gasteiger partial charge in [-0.25, -0.2) is 0 Å². The van der Waals surface area contributed by atoms with E-state index in [1.807, 2.05) is 0 Å². The van der Waals surface area contributed by atoms with Gasteiger partial charge in [-0.3, -0.25) is 9.59 Å². The van der Waals surface area contributed by atoms with Crippen molar-refractivity contribution in [3.63, 3.8) is 0 Å². The summed E-state index contributed by atoms with van der Waals surface area (Å²) in [6.45, 7) is 13.3. The topological polar surface area (TPSA) is 72.8 Å². The number of rotatable bonds is 2. The van der Waals surface area contributed by atoms with Crippen LogP contribution < -0.4 is 0 Å². The largest absolute Gasteiger partial charge is 0.462 e. The minimum absolute atomic E-state index is 0.0834. The summed E-state index contributed by atoms with van der Waals surface area (Å²) in [6.07, 6.45) is 1.40. The first-order chi connectivity index (χ1) is 10.9. The van der Waals surface area contributed by atoms with Crippen LogP contribution >= 0.6 is 0 Å². The van der Waals surface area contributed by atoms with Gasteiger partial charge in [0.15, 0.2) is 0 Å². The Labute approximate surface area is 143 Å². The molecule has 0 spiro atoms. The zero-order chi connectivity index (χ0) is 18.1. The average molecular weight is 336 g/mol. The lowest BCUT2D eigenvalue weighted by Gasteiger charge is -2.42. The minimum Gasteiger partial charge on any atom is -0.462 e. The molecular weight excluding hydrogens is 308 g/mol. The molecule has 0 aromatic carbocycles. The number of carbonyl (C=O) groups excluding carboxylic acids is 2. The zero-order valence-electron chi connectivity index (χ0n) is 15.2. The van der Waals surface area contributed by atoms with Gasteiger partial charge in [0.1, 0.15) is 12.2 Å². The van der Waals surface area contributed by atoms with Gasteiger partial charge >= 0.3 is 11.9 Å². The smallest absolute Gasteiger partial charge is 0.303 e. The molecule has 0 amide bonds. The Morgan fingerprint density at radius 3 is 2.25 bits per heavy atom. The molecule has 0 aromatic rings. The first-order valence-electron chi connectivity index (χ1n) is 8.70. The molecule has 0 heterocycles. The van der Waals surface area contributed by atoms with E-state index in [0.717, 1.165) is 12.8 Å². The fourth-order valence-corrected chi connectivity index (χ4v) is 6.15. The highest BCUT2D eigenvalue weighted by atomic mass is 16.6. The summed E-state index contributed by atoms with van der Waals surface area (Å²) in [5.41, 5.74) is -1.01. The standard InChI is InChI=1S/C19H28O5/c1-10-14(23-11(2)20)9-13-15(24-12(3)21)18(6)8-7-17(4,5)16(18)19(10,13)22/h13-16,22H,1,7-9H2,2-6H3/t13-,14+,15+,16+,18+,19-/m1/s1. The van der Waals surface area contributed by atoms with Gasteiger partial charge in [0, 0.05) is 31.1 Å². The summed E-state index contributed by atoms with van der Waals surface area (Å²) >= 11 is 0. The molecular formula is C19H28O5. The number of ether oxygens (including phenoxy) is 2. The number of fused-ring (bicyclic) bond motifs is 3. The van der Waals surface area contributed by atoms with Gasteiger partial charge < -0.3 is 14.6 Å². The summed E-state index contributed by atoms with van der Waals surface area (Å²) in [5.74, 6) is -1.09. The summed E-state index contributed by atoms with van der Waals surface area (Å²) in [7, 11) is 0. The summed E-state index contributed by atoms with van der Waals surface area (Å²) < 4.78 is 11.1. The van der Waals surface area contributed by atoms with Gasteiger partial charge in [-0.1, -0.05) is 27.4 Å². The van der Waals surface area contributed by atoms with Crippen LogP contribution in [-0.4, -0.2) is 34.9 Å². The van der Waals surface area contributed by atoms with Crippen molar-refractivity contribution in [1.82, 2.24) is 0 Å². The van der Waals surface area contributed by atoms with Crippen molar-refractivity contribution in [2.24, 2.45) is 22.7 Å². The van der Waals surface area contributed by atoms with E-state index in [-0.39, 0.29) is 40.7 Å². The van der Waals surface area contributed by atoms with E-state index in [4.69, 9.17) is 9.47 Å². The monoisotopic (exact) mass is 336 g/mol. The first kappa shape index (κ1) is 17.5. The fourth-order valence-electron chi connectivity index (χ4n) is 6.15. The molecule has 0 aliphatic heterocycles. The highest BCUT2D eigenvalue weighted by molar-refractivity contribution is 5.67. The van der Waals surface area contributed by atoms with E-state index in [2.05, 4.69) is 27.4 Å². The number of carbonyl (C=O) groups is 2. The normalized spacial score (nSPS) is 45.7. The second-order valence-electron chi connectivity index (χ2n) is 8.75. The Balaban J connectivity index is 2.08. The van der Waals surface area contributed by atoms with Crippen LogP contribution in [0, 0.1) is 22.7 Å². The van der Waals surface area contributed by atoms with E-state index in [1.54, 1.807) is 0 Å². The molecule has 3 aliphatic carbocycles. The van der Waals surface area contributed by atoms with Gasteiger partial charge in [-0.15, -0.1) is 0 Å². The molecule has 0 saturated heterocycles. The third-order valence-electron chi connectivity index (χ3n) is 6.74. The lowest BCUT2D eigenvalue weighted by atomic mass is 9.66. The number of aliphatic hydroxyl groups is 1. The Bertz CT molecular complexity index is 609. The molecule has 3 fully saturated rings. The Kier molecular flexibility index (Phi) is 3.69. The second-order valence-corrected chi connectivity index (χ2v) is 8.75. The SMILES string of the molecule is C=C1[C@@H](OC(C)=O)C[C@@H]2[C@H](OC(C)=O)[C@]3(C)CCC(C)(C)[C@@H]3[C@@]12O. The van der Waals surface area contributed by atoms with Crippen molar-refractivity contribution in [3.8, 4) is 0 Å². The van der Waals surface area contributed by atoms with Crippen molar-refractivity contribution >= 4 is 11.9 Å². The molecule has 0 radical (unpaired) electrons. The van der Waals surface area contributed by atoms with E-state index >= 15 is 0 Å². The van der Waals surface area contributed by atoms with Crippen LogP contribution in [0.3, 0.4) is 0 Å². The highest BCUT2D eigenvalue weighted by Crippen LogP contribution is 2.72. The average Bonchev–Trinajstić information content (AvgIpc) is 2.89. The molecule has 0 unspecified atom stereocenters. The predicted molar refractivity (Wildman–Crippen MR) is 87.9 cm³/mol. The predicted octanol–water partition coefficient (Wildman–Crippen LogP) is 2.61. The van der Waals surface area contributed by atoms with Crippen LogP contribution in [0.2, 0.25) is 0 Å². The van der Waals surface area contributed by atoms with Gasteiger partial charge in [0.25, 0.3) is 0 Å². The third-order valence-corrected chi connectivity index (χ3v) is 6.74. The third kappa shape index (κ3) is 2.10. The van der Waals surface area contributed by atoms with Crippen LogP contribution in [0.25, 0.3) is 0 Å². The van der Waals surface area contributed by atoms with Gasteiger partial charge in [0.2, 0.25) is 0 Å². The number of esters is 2. The summed E-state index contributed by atoms with van der Waals surface area (Å²) in [4.78, 5) is 23.1. The molecule has 5 heteroatoms. The summed E-state index contributed by atoms with van der Waals surface area (Å²) in [6, 6.07) is 0. The van der Waals surface area contributed by atoms with Crippen LogP contribution in [-0.2, 0) is 19.1 Å². The molecule has 6 atom stereocenters. The van der Waals surface area contributed by atoms with Crippen molar-refractivity contribution in [3.05, 3.63) is 12.2 Å². The van der Waals surface area contributed by atoms with E-state index in [1.165, 1.54) is 13.8 Å². The highest BCUT2D eigenvalue weighted by Gasteiger charge is 2.76. The van der Waals surface area contributed by atoms with Crippen LogP contribution in [0.4, 0.5) is 0 Å². The minimum atomic E-state index is -1.17. The van der Waals surface area contributed by atoms with Crippen molar-refractivity contribution in [2.45, 2.75) is 71.7 Å². The van der Waals surface area contributed by atoms with E-state index < -0.39 is 11.7 Å². The number of hydrogen-bond acceptors (Lipinski definition) is 5. The van der Waals surface area contributed by atoms with Gasteiger partial charge in [0.05, 0.1) is 5.60 Å². The lowest BCUT2D eigenvalue weighted by Crippen LogP contribution is -2.46. The maximum absolute atomic E-state index is 11.8. The molecule has 134 valence electrons. The molecule has 3 aliphatic rings. The second kappa shape index (κ2) is 5.07. The molecule has 0 bridgehead atoms. The molecule has 24 heavy (non-hydrogen) atoms. The maximum atomic E-state index is 11.8. The van der Waals surface area contributed by atoms with Crippen molar-refractivity contribution in [2.75, 3.05) is 0 Å². The lowest BCUT2D eigenvalue weighted by molar-refractivity contribution is -0.156. The van der Waals surface area contributed by atoms with Crippen molar-refractivity contribution < 1.29 is 24.2 Å². The Morgan fingerprint density at radius 1 is 1.12 bits per heavy atom.